The van der Waals surface area contributed by atoms with Gasteiger partial charge in [0.05, 0.1) is 11.9 Å². The van der Waals surface area contributed by atoms with E-state index in [1.54, 1.807) is 6.92 Å². The van der Waals surface area contributed by atoms with Gasteiger partial charge in [-0.25, -0.2) is 0 Å². The van der Waals surface area contributed by atoms with E-state index in [0.717, 1.165) is 19.8 Å². The summed E-state index contributed by atoms with van der Waals surface area (Å²) < 4.78 is 0. The third-order valence-corrected chi connectivity index (χ3v) is 2.82. The molecular weight excluding hydrogens is 198 g/mol. The Labute approximate surface area is 121 Å². The molecule has 0 amide bonds. The first-order valence-corrected chi connectivity index (χ1v) is 4.80. The second-order valence-corrected chi connectivity index (χ2v) is 3.82. The zero-order chi connectivity index (χ0) is 11.4. The van der Waals surface area contributed by atoms with Gasteiger partial charge >= 0.3 is 37.7 Å². The number of unbranched alkanes of at least 4 members (excludes halogenated alkanes) is 1. The maximum atomic E-state index is 10.7. The molecule has 0 radical (unpaired) electrons. The number of hydrogen-bond donors (Lipinski definition) is 0. The molecule has 0 bridgehead atoms. The van der Waals surface area contributed by atoms with Crippen LogP contribution in [-0.4, -0.2) is 11.9 Å². The van der Waals surface area contributed by atoms with Gasteiger partial charge in [0.2, 0.25) is 0 Å². The number of carbonyl (C=O) groups is 2. The molecule has 0 aromatic rings. The van der Waals surface area contributed by atoms with E-state index in [1.807, 2.05) is 6.92 Å². The summed E-state index contributed by atoms with van der Waals surface area (Å²) in [5.41, 5.74) is -1.88. The molecule has 0 rings (SSSR count). The van der Waals surface area contributed by atoms with Crippen molar-refractivity contribution in [2.45, 2.75) is 40.0 Å². The molecule has 4 nitrogen and oxygen atoms in total. The van der Waals surface area contributed by atoms with Gasteiger partial charge in [-0.2, -0.15) is 0 Å². The Bertz CT molecular complexity index is 217. The molecule has 0 aromatic carbocycles. The second kappa shape index (κ2) is 9.19. The van der Waals surface area contributed by atoms with Crippen LogP contribution in [0.15, 0.2) is 0 Å². The van der Waals surface area contributed by atoms with Crippen molar-refractivity contribution in [3.8, 4) is 0 Å². The molecule has 0 aliphatic heterocycles. The fraction of sp³-hybridized carbons (Fsp3) is 0.800. The van der Waals surface area contributed by atoms with Gasteiger partial charge in [0.25, 0.3) is 0 Å². The fourth-order valence-electron chi connectivity index (χ4n) is 1.28. The maximum Gasteiger partial charge on any atom is 1.00 e. The Morgan fingerprint density at radius 2 is 1.56 bits per heavy atom. The summed E-state index contributed by atoms with van der Waals surface area (Å²) in [6, 6.07) is 0. The largest absolute Gasteiger partial charge is 1.00 e. The van der Waals surface area contributed by atoms with E-state index in [0.29, 0.717) is 6.42 Å². The SMILES string of the molecule is CCCCC(C)C(C)(C(=O)[O-])C(=O)[O-].[Li+].[Li+]. The van der Waals surface area contributed by atoms with E-state index >= 15 is 0 Å². The molecule has 82 valence electrons. The average molecular weight is 214 g/mol. The first-order chi connectivity index (χ1) is 6.37. The van der Waals surface area contributed by atoms with Gasteiger partial charge in [-0.3, -0.25) is 0 Å². The third-order valence-electron chi connectivity index (χ3n) is 2.82. The standard InChI is InChI=1S/C10H18O4.2Li/c1-4-5-6-7(2)10(3,8(11)12)9(13)14;;/h7H,4-6H2,1-3H3,(H,11,12)(H,13,14);;/q;2*+1/p-2. The Morgan fingerprint density at radius 3 is 1.81 bits per heavy atom. The minimum atomic E-state index is -1.88. The average Bonchev–Trinajstić information content (AvgIpc) is 2.11. The van der Waals surface area contributed by atoms with Crippen molar-refractivity contribution < 1.29 is 57.5 Å². The molecule has 0 aliphatic rings. The summed E-state index contributed by atoms with van der Waals surface area (Å²) in [6.07, 6.45) is 2.26. The van der Waals surface area contributed by atoms with Gasteiger partial charge in [0, 0.05) is 5.41 Å². The summed E-state index contributed by atoms with van der Waals surface area (Å²) in [6.45, 7) is 4.71. The first kappa shape index (κ1) is 21.4. The second-order valence-electron chi connectivity index (χ2n) is 3.82. The number of aliphatic carboxylic acids is 2. The van der Waals surface area contributed by atoms with Crippen molar-refractivity contribution in [2.24, 2.45) is 11.3 Å². The molecule has 0 saturated heterocycles. The number of carbonyl (C=O) groups excluding carboxylic acids is 2. The smallest absolute Gasteiger partial charge is 0.549 e. The maximum absolute atomic E-state index is 10.7. The van der Waals surface area contributed by atoms with Crippen LogP contribution in [-0.2, 0) is 9.59 Å². The van der Waals surface area contributed by atoms with E-state index in [1.165, 1.54) is 0 Å². The van der Waals surface area contributed by atoms with E-state index in [4.69, 9.17) is 0 Å². The van der Waals surface area contributed by atoms with Gasteiger partial charge in [0.1, 0.15) is 0 Å². The molecule has 0 aliphatic carbocycles. The van der Waals surface area contributed by atoms with E-state index in [-0.39, 0.29) is 37.7 Å². The zero-order valence-corrected chi connectivity index (χ0v) is 10.8. The number of carboxylic acid groups (broad SMARTS) is 2. The molecule has 0 N–H and O–H groups in total. The molecule has 16 heavy (non-hydrogen) atoms. The van der Waals surface area contributed by atoms with Crippen LogP contribution in [0.5, 0.6) is 0 Å². The first-order valence-electron chi connectivity index (χ1n) is 4.80. The topological polar surface area (TPSA) is 80.3 Å². The number of hydrogen-bond acceptors (Lipinski definition) is 4. The molecule has 0 heterocycles. The summed E-state index contributed by atoms with van der Waals surface area (Å²) in [5, 5.41) is 21.5. The van der Waals surface area contributed by atoms with Crippen LogP contribution >= 0.6 is 0 Å². The molecule has 0 fully saturated rings. The quantitative estimate of drug-likeness (QED) is 0.325. The van der Waals surface area contributed by atoms with Crippen molar-refractivity contribution in [1.82, 2.24) is 0 Å². The Kier molecular flexibility index (Phi) is 12.3. The van der Waals surface area contributed by atoms with Gasteiger partial charge in [0.15, 0.2) is 0 Å². The zero-order valence-electron chi connectivity index (χ0n) is 10.8. The molecular formula is C10H16Li2O4. The molecule has 1 unspecified atom stereocenters. The van der Waals surface area contributed by atoms with Gasteiger partial charge < -0.3 is 19.8 Å². The Morgan fingerprint density at radius 1 is 1.19 bits per heavy atom. The number of rotatable bonds is 6. The van der Waals surface area contributed by atoms with E-state index in [9.17, 15) is 19.8 Å². The monoisotopic (exact) mass is 214 g/mol. The van der Waals surface area contributed by atoms with Crippen LogP contribution in [0.4, 0.5) is 0 Å². The minimum absolute atomic E-state index is 0. The summed E-state index contributed by atoms with van der Waals surface area (Å²) >= 11 is 0. The normalized spacial score (nSPS) is 11.9. The van der Waals surface area contributed by atoms with Crippen LogP contribution in [0.2, 0.25) is 0 Å². The summed E-state index contributed by atoms with van der Waals surface area (Å²) in [4.78, 5) is 21.5. The third kappa shape index (κ3) is 4.98. The predicted molar refractivity (Wildman–Crippen MR) is 46.8 cm³/mol. The van der Waals surface area contributed by atoms with Crippen molar-refractivity contribution in [3.63, 3.8) is 0 Å². The molecule has 0 spiro atoms. The van der Waals surface area contributed by atoms with Gasteiger partial charge in [-0.1, -0.05) is 26.7 Å². The van der Waals surface area contributed by atoms with Crippen LogP contribution in [0.3, 0.4) is 0 Å². The Balaban J connectivity index is -0.000000845. The van der Waals surface area contributed by atoms with Gasteiger partial charge in [-0.05, 0) is 19.3 Å². The van der Waals surface area contributed by atoms with E-state index in [2.05, 4.69) is 0 Å². The van der Waals surface area contributed by atoms with Crippen molar-refractivity contribution >= 4 is 11.9 Å². The van der Waals surface area contributed by atoms with Crippen LogP contribution in [0.25, 0.3) is 0 Å². The van der Waals surface area contributed by atoms with Crippen LogP contribution in [0.1, 0.15) is 40.0 Å². The van der Waals surface area contributed by atoms with Crippen molar-refractivity contribution in [1.29, 1.82) is 0 Å². The van der Waals surface area contributed by atoms with Crippen molar-refractivity contribution in [3.05, 3.63) is 0 Å². The van der Waals surface area contributed by atoms with Gasteiger partial charge in [-0.15, -0.1) is 0 Å². The Hall–Kier alpha value is 0.135. The molecule has 1 atom stereocenters. The molecule has 6 heteroatoms. The van der Waals surface area contributed by atoms with Crippen molar-refractivity contribution in [2.75, 3.05) is 0 Å². The number of carboxylic acids is 2. The molecule has 0 aromatic heterocycles. The fourth-order valence-corrected chi connectivity index (χ4v) is 1.28. The predicted octanol–water partition coefficient (Wildman–Crippen LogP) is -6.67. The van der Waals surface area contributed by atoms with Crippen LogP contribution in [0, 0.1) is 11.3 Å². The summed E-state index contributed by atoms with van der Waals surface area (Å²) in [7, 11) is 0. The molecule has 0 saturated carbocycles. The summed E-state index contributed by atoms with van der Waals surface area (Å²) in [5.74, 6) is -3.61. The van der Waals surface area contributed by atoms with E-state index < -0.39 is 23.3 Å². The minimum Gasteiger partial charge on any atom is -0.549 e. The van der Waals surface area contributed by atoms with Crippen LogP contribution < -0.4 is 47.9 Å².